The first-order valence-corrected chi connectivity index (χ1v) is 3.97. The summed E-state index contributed by atoms with van der Waals surface area (Å²) in [4.78, 5) is 12.6. The Bertz CT molecular complexity index is 193. The van der Waals surface area contributed by atoms with Gasteiger partial charge in [0.15, 0.2) is 0 Å². The molecule has 0 aliphatic rings. The second kappa shape index (κ2) is 5.16. The predicted octanol–water partition coefficient (Wildman–Crippen LogP) is -0.446. The summed E-state index contributed by atoms with van der Waals surface area (Å²) < 4.78 is 35.0. The largest absolute Gasteiger partial charge is 0.405 e. The molecule has 0 aromatic rings. The lowest BCUT2D eigenvalue weighted by molar-refractivity contribution is -0.139. The molecule has 0 rings (SSSR count). The van der Waals surface area contributed by atoms with Crippen molar-refractivity contribution in [3.63, 3.8) is 0 Å². The molecule has 0 radical (unpaired) electrons. The van der Waals surface area contributed by atoms with Gasteiger partial charge >= 0.3 is 6.18 Å². The van der Waals surface area contributed by atoms with Crippen LogP contribution in [0.2, 0.25) is 0 Å². The van der Waals surface area contributed by atoms with E-state index in [0.29, 0.717) is 0 Å². The summed E-state index contributed by atoms with van der Waals surface area (Å²) in [5.74, 6) is -0.795. The topological polar surface area (TPSA) is 58.4 Å². The third kappa shape index (κ3) is 6.67. The summed E-state index contributed by atoms with van der Waals surface area (Å²) in [6, 6.07) is -0.938. The molecule has 0 saturated heterocycles. The van der Waals surface area contributed by atoms with Gasteiger partial charge in [-0.25, -0.2) is 0 Å². The molecule has 1 atom stereocenters. The number of carbonyl (C=O) groups excluding carboxylic acids is 1. The minimum atomic E-state index is -4.40. The van der Waals surface area contributed by atoms with Gasteiger partial charge in [-0.05, 0) is 14.1 Å². The Morgan fingerprint density at radius 2 is 2.00 bits per heavy atom. The van der Waals surface area contributed by atoms with Gasteiger partial charge in [0.1, 0.15) is 6.54 Å². The average Bonchev–Trinajstić information content (AvgIpc) is 1.97. The Balaban J connectivity index is 3.85. The van der Waals surface area contributed by atoms with Crippen LogP contribution in [-0.4, -0.2) is 50.2 Å². The van der Waals surface area contributed by atoms with E-state index < -0.39 is 24.7 Å². The van der Waals surface area contributed by atoms with Crippen molar-refractivity contribution >= 4 is 5.91 Å². The minimum absolute atomic E-state index is 0.212. The average molecular weight is 213 g/mol. The van der Waals surface area contributed by atoms with Gasteiger partial charge in [-0.2, -0.15) is 13.2 Å². The van der Waals surface area contributed by atoms with E-state index in [2.05, 4.69) is 0 Å². The van der Waals surface area contributed by atoms with Crippen molar-refractivity contribution in [2.24, 2.45) is 5.73 Å². The van der Waals surface area contributed by atoms with Crippen LogP contribution in [0.5, 0.6) is 0 Å². The maximum absolute atomic E-state index is 11.7. The molecule has 0 spiro atoms. The molecule has 0 saturated carbocycles. The molecule has 0 aliphatic heterocycles. The number of alkyl halides is 3. The van der Waals surface area contributed by atoms with Crippen molar-refractivity contribution in [3.05, 3.63) is 0 Å². The van der Waals surface area contributed by atoms with Gasteiger partial charge in [-0.15, -0.1) is 0 Å². The Morgan fingerprint density at radius 1 is 1.50 bits per heavy atom. The Hall–Kier alpha value is -0.820. The number of nitrogens with two attached hydrogens (primary N) is 1. The van der Waals surface area contributed by atoms with E-state index in [1.165, 1.54) is 0 Å². The van der Waals surface area contributed by atoms with Crippen molar-refractivity contribution in [1.82, 2.24) is 10.2 Å². The number of halogens is 3. The molecule has 4 nitrogen and oxygen atoms in total. The molecular weight excluding hydrogens is 199 g/mol. The maximum Gasteiger partial charge on any atom is 0.405 e. The molecule has 0 aromatic heterocycles. The number of hydrogen-bond acceptors (Lipinski definition) is 3. The molecule has 14 heavy (non-hydrogen) atoms. The molecule has 1 amide bonds. The smallest absolute Gasteiger partial charge is 0.346 e. The number of carbonyl (C=O) groups is 1. The number of rotatable bonds is 4. The Kier molecular flexibility index (Phi) is 4.86. The highest BCUT2D eigenvalue weighted by Gasteiger charge is 2.28. The fraction of sp³-hybridized carbons (Fsp3) is 0.857. The molecule has 84 valence electrons. The molecule has 1 unspecified atom stereocenters. The summed E-state index contributed by atoms with van der Waals surface area (Å²) in [7, 11) is 3.35. The van der Waals surface area contributed by atoms with Crippen molar-refractivity contribution in [3.8, 4) is 0 Å². The molecule has 0 bridgehead atoms. The van der Waals surface area contributed by atoms with Gasteiger partial charge < -0.3 is 16.0 Å². The van der Waals surface area contributed by atoms with Crippen LogP contribution in [0.15, 0.2) is 0 Å². The van der Waals surface area contributed by atoms with Crippen LogP contribution in [0.4, 0.5) is 13.2 Å². The van der Waals surface area contributed by atoms with Gasteiger partial charge in [0.05, 0.1) is 6.04 Å². The first-order chi connectivity index (χ1) is 6.22. The van der Waals surface area contributed by atoms with Gasteiger partial charge in [-0.1, -0.05) is 0 Å². The van der Waals surface area contributed by atoms with E-state index in [-0.39, 0.29) is 6.54 Å². The van der Waals surface area contributed by atoms with Crippen LogP contribution in [0.25, 0.3) is 0 Å². The van der Waals surface area contributed by atoms with E-state index in [1.54, 1.807) is 24.3 Å². The molecule has 7 heteroatoms. The lowest BCUT2D eigenvalue weighted by atomic mass is 10.3. The van der Waals surface area contributed by atoms with Crippen molar-refractivity contribution in [1.29, 1.82) is 0 Å². The second-order valence-corrected chi connectivity index (χ2v) is 3.20. The molecular formula is C7H14F3N3O. The zero-order valence-corrected chi connectivity index (χ0v) is 8.06. The third-order valence-electron chi connectivity index (χ3n) is 1.36. The van der Waals surface area contributed by atoms with Crippen molar-refractivity contribution in [2.75, 3.05) is 27.2 Å². The van der Waals surface area contributed by atoms with Crippen molar-refractivity contribution in [2.45, 2.75) is 12.2 Å². The third-order valence-corrected chi connectivity index (χ3v) is 1.36. The fourth-order valence-electron chi connectivity index (χ4n) is 0.795. The second-order valence-electron chi connectivity index (χ2n) is 3.20. The van der Waals surface area contributed by atoms with Crippen LogP contribution in [0.1, 0.15) is 0 Å². The quantitative estimate of drug-likeness (QED) is 0.665. The first-order valence-electron chi connectivity index (χ1n) is 3.97. The molecule has 0 heterocycles. The zero-order chi connectivity index (χ0) is 11.4. The first kappa shape index (κ1) is 13.2. The van der Waals surface area contributed by atoms with Gasteiger partial charge in [0, 0.05) is 6.54 Å². The van der Waals surface area contributed by atoms with Crippen LogP contribution in [0, 0.1) is 0 Å². The highest BCUT2D eigenvalue weighted by molar-refractivity contribution is 5.81. The van der Waals surface area contributed by atoms with E-state index in [4.69, 9.17) is 5.73 Å². The number of amides is 1. The predicted molar refractivity (Wildman–Crippen MR) is 45.6 cm³/mol. The molecule has 0 aromatic carbocycles. The fourth-order valence-corrected chi connectivity index (χ4v) is 0.795. The van der Waals surface area contributed by atoms with E-state index in [9.17, 15) is 18.0 Å². The maximum atomic E-state index is 11.7. The zero-order valence-electron chi connectivity index (χ0n) is 8.06. The number of hydrogen-bond donors (Lipinski definition) is 2. The van der Waals surface area contributed by atoms with E-state index >= 15 is 0 Å². The van der Waals surface area contributed by atoms with E-state index in [0.717, 1.165) is 0 Å². The summed E-state index contributed by atoms with van der Waals surface area (Å²) in [6.07, 6.45) is -4.40. The summed E-state index contributed by atoms with van der Waals surface area (Å²) >= 11 is 0. The number of likely N-dealkylation sites (N-methyl/N-ethyl adjacent to an activating group) is 1. The molecule has 0 fully saturated rings. The highest BCUT2D eigenvalue weighted by atomic mass is 19.4. The summed E-state index contributed by atoms with van der Waals surface area (Å²) in [6.45, 7) is -1.13. The lowest BCUT2D eigenvalue weighted by Gasteiger charge is -2.17. The molecule has 0 aliphatic carbocycles. The highest BCUT2D eigenvalue weighted by Crippen LogP contribution is 2.11. The van der Waals surface area contributed by atoms with Gasteiger partial charge in [0.2, 0.25) is 5.91 Å². The van der Waals surface area contributed by atoms with Crippen molar-refractivity contribution < 1.29 is 18.0 Å². The Morgan fingerprint density at radius 3 is 2.36 bits per heavy atom. The van der Waals surface area contributed by atoms with Gasteiger partial charge in [0.25, 0.3) is 0 Å². The summed E-state index contributed by atoms with van der Waals surface area (Å²) in [5, 5.41) is 1.71. The van der Waals surface area contributed by atoms with Crippen LogP contribution in [-0.2, 0) is 4.79 Å². The lowest BCUT2D eigenvalue weighted by Crippen LogP contribution is -2.48. The monoisotopic (exact) mass is 213 g/mol. The van der Waals surface area contributed by atoms with Crippen LogP contribution in [0.3, 0.4) is 0 Å². The normalized spacial score (nSPS) is 14.2. The van der Waals surface area contributed by atoms with Crippen LogP contribution < -0.4 is 11.1 Å². The number of nitrogens with one attached hydrogen (secondary N) is 1. The standard InChI is InChI=1S/C7H14F3N3O/c1-13(2)3-5(11)6(14)12-4-7(8,9)10/h5H,3-4,11H2,1-2H3,(H,12,14). The minimum Gasteiger partial charge on any atom is -0.346 e. The van der Waals surface area contributed by atoms with Crippen LogP contribution >= 0.6 is 0 Å². The SMILES string of the molecule is CN(C)CC(N)C(=O)NCC(F)(F)F. The van der Waals surface area contributed by atoms with Gasteiger partial charge in [-0.3, -0.25) is 4.79 Å². The summed E-state index contributed by atoms with van der Waals surface area (Å²) in [5.41, 5.74) is 5.33. The molecule has 3 N–H and O–H groups in total. The van der Waals surface area contributed by atoms with E-state index in [1.807, 2.05) is 0 Å². The Labute approximate surface area is 80.2 Å². The number of nitrogens with zero attached hydrogens (tertiary/aromatic N) is 1.